The van der Waals surface area contributed by atoms with Crippen molar-refractivity contribution in [3.8, 4) is 0 Å². The largest absolute Gasteiger partial charge is 0.464 e. The van der Waals surface area contributed by atoms with E-state index >= 15 is 0 Å². The molecule has 0 bridgehead atoms. The van der Waals surface area contributed by atoms with E-state index in [1.54, 1.807) is 41.5 Å². The predicted octanol–water partition coefficient (Wildman–Crippen LogP) is 5.12. The molecule has 2 rings (SSSR count). The van der Waals surface area contributed by atoms with Crippen LogP contribution in [0.2, 0.25) is 0 Å². The maximum Gasteiger partial charge on any atom is 0.344 e. The molecule has 1 N–H and O–H groups in total. The zero-order valence-electron chi connectivity index (χ0n) is 33.8. The Balaban J connectivity index is 2.31. The number of hydrogen-bond acceptors (Lipinski definition) is 16. The number of carbonyl (C=O) groups is 2. The summed E-state index contributed by atoms with van der Waals surface area (Å²) in [4.78, 5) is 33.6. The highest BCUT2D eigenvalue weighted by Crippen LogP contribution is 2.50. The molecule has 1 aliphatic heterocycles. The molecular formula is C34H70N5O12P3. The second-order valence-corrected chi connectivity index (χ2v) is 19.4. The van der Waals surface area contributed by atoms with Crippen LogP contribution in [0.15, 0.2) is 0 Å². The molecule has 1 saturated heterocycles. The normalized spacial score (nSPS) is 18.9. The average molecular weight is 834 g/mol. The summed E-state index contributed by atoms with van der Waals surface area (Å²) in [6, 6.07) is 0. The Hall–Kier alpha value is -0.770. The SMILES string of the molecule is CCOP(=O)(CN1CCN(CC(=O)NCC(=O)OCC2CCCCC2)CCN(CP(=O)(OCC)OCC)CCN(CP(=O)(OCC)OCC)CC1)OCC. The first-order chi connectivity index (χ1) is 25.8. The molecule has 2 aliphatic rings. The van der Waals surface area contributed by atoms with Gasteiger partial charge in [-0.25, -0.2) is 0 Å². The first-order valence-electron chi connectivity index (χ1n) is 19.8. The number of nitrogens with zero attached hydrogens (tertiary/aromatic N) is 4. The third-order valence-corrected chi connectivity index (χ3v) is 15.2. The van der Waals surface area contributed by atoms with E-state index in [1.165, 1.54) is 6.42 Å². The molecule has 2 fully saturated rings. The molecule has 1 heterocycles. The van der Waals surface area contributed by atoms with Gasteiger partial charge in [0.05, 0.1) is 52.8 Å². The Morgan fingerprint density at radius 3 is 1.20 bits per heavy atom. The van der Waals surface area contributed by atoms with Crippen LogP contribution in [0.25, 0.3) is 0 Å². The lowest BCUT2D eigenvalue weighted by atomic mass is 9.90. The van der Waals surface area contributed by atoms with Gasteiger partial charge < -0.3 is 37.2 Å². The lowest BCUT2D eigenvalue weighted by Crippen LogP contribution is -2.48. The third-order valence-electron chi connectivity index (χ3n) is 9.01. The van der Waals surface area contributed by atoms with Crippen molar-refractivity contribution in [2.75, 3.05) is 131 Å². The molecule has 0 aromatic heterocycles. The molecule has 54 heavy (non-hydrogen) atoms. The van der Waals surface area contributed by atoms with Crippen LogP contribution in [0, 0.1) is 5.92 Å². The molecule has 0 aromatic carbocycles. The first-order valence-corrected chi connectivity index (χ1v) is 25.0. The topological polar surface area (TPSA) is 175 Å². The van der Waals surface area contributed by atoms with Gasteiger partial charge >= 0.3 is 28.8 Å². The fraction of sp³-hybridized carbons (Fsp3) is 0.941. The average Bonchev–Trinajstić information content (AvgIpc) is 3.12. The summed E-state index contributed by atoms with van der Waals surface area (Å²) in [5.41, 5.74) is 0. The Morgan fingerprint density at radius 1 is 0.537 bits per heavy atom. The van der Waals surface area contributed by atoms with Crippen LogP contribution in [0.1, 0.15) is 73.6 Å². The minimum absolute atomic E-state index is 0.0151. The summed E-state index contributed by atoms with van der Waals surface area (Å²) >= 11 is 0. The number of carbonyl (C=O) groups excluding carboxylic acids is 2. The second kappa shape index (κ2) is 27.0. The van der Waals surface area contributed by atoms with Gasteiger partial charge in [-0.15, -0.1) is 0 Å². The maximum absolute atomic E-state index is 13.7. The molecule has 318 valence electrons. The van der Waals surface area contributed by atoms with E-state index in [0.717, 1.165) is 25.7 Å². The van der Waals surface area contributed by atoms with E-state index < -0.39 is 28.8 Å². The molecule has 0 atom stereocenters. The van der Waals surface area contributed by atoms with Crippen LogP contribution in [-0.4, -0.2) is 162 Å². The van der Waals surface area contributed by atoms with E-state index in [2.05, 4.69) is 5.32 Å². The van der Waals surface area contributed by atoms with Gasteiger partial charge in [0, 0.05) is 52.4 Å². The van der Waals surface area contributed by atoms with E-state index in [9.17, 15) is 23.3 Å². The Kier molecular flexibility index (Phi) is 24.7. The molecule has 1 saturated carbocycles. The van der Waals surface area contributed by atoms with Gasteiger partial charge in [-0.2, -0.15) is 0 Å². The maximum atomic E-state index is 13.7. The summed E-state index contributed by atoms with van der Waals surface area (Å²) < 4.78 is 80.4. The lowest BCUT2D eigenvalue weighted by molar-refractivity contribution is -0.145. The van der Waals surface area contributed by atoms with Crippen LogP contribution >= 0.6 is 22.8 Å². The summed E-state index contributed by atoms with van der Waals surface area (Å²) in [5, 5.41) is 2.71. The van der Waals surface area contributed by atoms with E-state index in [0.29, 0.717) is 64.9 Å². The Morgan fingerprint density at radius 2 is 0.870 bits per heavy atom. The van der Waals surface area contributed by atoms with Crippen LogP contribution < -0.4 is 5.32 Å². The van der Waals surface area contributed by atoms with Gasteiger partial charge in [0.15, 0.2) is 0 Å². The van der Waals surface area contributed by atoms with Crippen LogP contribution in [0.3, 0.4) is 0 Å². The summed E-state index contributed by atoms with van der Waals surface area (Å²) in [6.45, 7) is 15.1. The zero-order valence-corrected chi connectivity index (χ0v) is 36.5. The van der Waals surface area contributed by atoms with Gasteiger partial charge in [-0.05, 0) is 60.3 Å². The van der Waals surface area contributed by atoms with Crippen LogP contribution in [0.5, 0.6) is 0 Å². The third kappa shape index (κ3) is 20.1. The van der Waals surface area contributed by atoms with Crippen molar-refractivity contribution in [3.63, 3.8) is 0 Å². The standard InChI is InChI=1S/C34H70N5O12P3/c1-7-46-52(42,47-8-2)29-37-20-18-36(27-33(40)35-26-34(41)45-28-32-16-14-13-15-17-32)19-21-38(30-53(43,48-9-3)49-10-4)23-25-39(24-22-37)31-54(44,50-11-5)51-12-6/h32H,7-31H2,1-6H3,(H,35,40). The number of amides is 1. The van der Waals surface area contributed by atoms with Gasteiger partial charge in [-0.3, -0.25) is 42.9 Å². The molecule has 1 aliphatic carbocycles. The Bertz CT molecular complexity index is 1140. The highest BCUT2D eigenvalue weighted by Gasteiger charge is 2.33. The van der Waals surface area contributed by atoms with Gasteiger partial charge in [0.1, 0.15) is 25.4 Å². The van der Waals surface area contributed by atoms with Gasteiger partial charge in [-0.1, -0.05) is 19.3 Å². The smallest absolute Gasteiger partial charge is 0.344 e. The molecule has 1 amide bonds. The number of esters is 1. The predicted molar refractivity (Wildman–Crippen MR) is 209 cm³/mol. The molecule has 0 aromatic rings. The minimum Gasteiger partial charge on any atom is -0.464 e. The van der Waals surface area contributed by atoms with Crippen LogP contribution in [-0.2, 0) is 55.2 Å². The number of ether oxygens (including phenoxy) is 1. The lowest BCUT2D eigenvalue weighted by Gasteiger charge is -2.36. The monoisotopic (exact) mass is 833 g/mol. The van der Waals surface area contributed by atoms with E-state index in [1.807, 2.05) is 19.6 Å². The molecule has 0 unspecified atom stereocenters. The van der Waals surface area contributed by atoms with Crippen molar-refractivity contribution in [2.24, 2.45) is 5.92 Å². The van der Waals surface area contributed by atoms with E-state index in [-0.39, 0.29) is 77.5 Å². The highest BCUT2D eigenvalue weighted by atomic mass is 31.2. The summed E-state index contributed by atoms with van der Waals surface area (Å²) in [5.74, 6) is -0.431. The van der Waals surface area contributed by atoms with Crippen molar-refractivity contribution < 1.29 is 55.2 Å². The van der Waals surface area contributed by atoms with Gasteiger partial charge in [0.25, 0.3) is 0 Å². The first kappa shape index (κ1) is 49.4. The van der Waals surface area contributed by atoms with Crippen molar-refractivity contribution in [1.82, 2.24) is 24.9 Å². The Labute approximate surface area is 324 Å². The summed E-state index contributed by atoms with van der Waals surface area (Å²) in [6.07, 6.45) is 5.67. The fourth-order valence-electron chi connectivity index (χ4n) is 6.48. The minimum atomic E-state index is -3.49. The van der Waals surface area contributed by atoms with E-state index in [4.69, 9.17) is 31.9 Å². The van der Waals surface area contributed by atoms with Crippen molar-refractivity contribution in [3.05, 3.63) is 0 Å². The van der Waals surface area contributed by atoms with Crippen LogP contribution in [0.4, 0.5) is 0 Å². The number of hydrogen-bond donors (Lipinski definition) is 1. The quantitative estimate of drug-likeness (QED) is 0.100. The number of rotatable bonds is 24. The second-order valence-electron chi connectivity index (χ2n) is 13.4. The fourth-order valence-corrected chi connectivity index (χ4v) is 11.9. The summed E-state index contributed by atoms with van der Waals surface area (Å²) in [7, 11) is -10.5. The molecule has 0 radical (unpaired) electrons. The zero-order chi connectivity index (χ0) is 39.9. The van der Waals surface area contributed by atoms with Crippen molar-refractivity contribution in [2.45, 2.75) is 73.6 Å². The molecule has 20 heteroatoms. The molecular weight excluding hydrogens is 763 g/mol. The van der Waals surface area contributed by atoms with Crippen molar-refractivity contribution in [1.29, 1.82) is 0 Å². The van der Waals surface area contributed by atoms with Crippen molar-refractivity contribution >= 4 is 34.7 Å². The molecule has 17 nitrogen and oxygen atoms in total. The molecule has 0 spiro atoms. The number of nitrogens with one attached hydrogen (secondary N) is 1. The highest BCUT2D eigenvalue weighted by molar-refractivity contribution is 7.54. The van der Waals surface area contributed by atoms with Gasteiger partial charge in [0.2, 0.25) is 5.91 Å².